The Bertz CT molecular complexity index is 539. The van der Waals surface area contributed by atoms with Crippen LogP contribution in [0.1, 0.15) is 24.1 Å². The number of halogens is 1. The fourth-order valence-corrected chi connectivity index (χ4v) is 2.16. The van der Waals surface area contributed by atoms with Crippen molar-refractivity contribution in [3.8, 4) is 0 Å². The van der Waals surface area contributed by atoms with Crippen molar-refractivity contribution < 1.29 is 9.13 Å². The van der Waals surface area contributed by atoms with Crippen LogP contribution in [0.4, 0.5) is 10.1 Å². The summed E-state index contributed by atoms with van der Waals surface area (Å²) >= 11 is 0. The Kier molecular flexibility index (Phi) is 5.13. The fourth-order valence-electron chi connectivity index (χ4n) is 2.16. The molecule has 20 heavy (non-hydrogen) atoms. The molecule has 0 saturated carbocycles. The lowest BCUT2D eigenvalue weighted by Gasteiger charge is -2.18. The van der Waals surface area contributed by atoms with E-state index in [0.717, 1.165) is 17.7 Å². The second-order valence-electron chi connectivity index (χ2n) is 4.82. The zero-order valence-electron chi connectivity index (χ0n) is 11.9. The van der Waals surface area contributed by atoms with Gasteiger partial charge in [-0.3, -0.25) is 0 Å². The Balaban J connectivity index is 2.10. The molecular formula is C17H20FNO. The third kappa shape index (κ3) is 3.81. The Labute approximate surface area is 119 Å². The Morgan fingerprint density at radius 2 is 1.80 bits per heavy atom. The summed E-state index contributed by atoms with van der Waals surface area (Å²) in [6.45, 7) is 2.77. The van der Waals surface area contributed by atoms with Crippen molar-refractivity contribution >= 4 is 5.69 Å². The van der Waals surface area contributed by atoms with Gasteiger partial charge in [0.1, 0.15) is 5.82 Å². The van der Waals surface area contributed by atoms with Crippen LogP contribution in [-0.2, 0) is 11.2 Å². The van der Waals surface area contributed by atoms with Gasteiger partial charge in [0.25, 0.3) is 0 Å². The number of hydrogen-bond donors (Lipinski definition) is 1. The predicted octanol–water partition coefficient (Wildman–Crippen LogP) is 4.19. The van der Waals surface area contributed by atoms with Crippen molar-refractivity contribution in [2.45, 2.75) is 19.4 Å². The van der Waals surface area contributed by atoms with Crippen LogP contribution in [-0.4, -0.2) is 13.7 Å². The van der Waals surface area contributed by atoms with Gasteiger partial charge in [-0.2, -0.15) is 0 Å². The van der Waals surface area contributed by atoms with E-state index in [1.54, 1.807) is 7.11 Å². The van der Waals surface area contributed by atoms with Gasteiger partial charge >= 0.3 is 0 Å². The number of anilines is 1. The standard InChI is InChI=1S/C17H20FNO/c1-13(14-7-9-16(18)10-8-14)19-17-6-4-3-5-15(17)11-12-20-2/h3-10,13,19H,11-12H2,1-2H3. The molecule has 0 heterocycles. The minimum Gasteiger partial charge on any atom is -0.384 e. The predicted molar refractivity (Wildman–Crippen MR) is 80.5 cm³/mol. The first-order valence-corrected chi connectivity index (χ1v) is 6.79. The highest BCUT2D eigenvalue weighted by molar-refractivity contribution is 5.52. The van der Waals surface area contributed by atoms with Crippen LogP contribution in [0.3, 0.4) is 0 Å². The minimum absolute atomic E-state index is 0.124. The lowest BCUT2D eigenvalue weighted by molar-refractivity contribution is 0.202. The largest absolute Gasteiger partial charge is 0.384 e. The lowest BCUT2D eigenvalue weighted by Crippen LogP contribution is -2.09. The molecule has 0 spiro atoms. The molecule has 106 valence electrons. The number of benzene rings is 2. The van der Waals surface area contributed by atoms with Crippen molar-refractivity contribution in [3.63, 3.8) is 0 Å². The molecule has 0 bridgehead atoms. The Hall–Kier alpha value is -1.87. The summed E-state index contributed by atoms with van der Waals surface area (Å²) in [5, 5.41) is 3.48. The van der Waals surface area contributed by atoms with E-state index < -0.39 is 0 Å². The molecule has 2 rings (SSSR count). The van der Waals surface area contributed by atoms with Crippen LogP contribution in [0.2, 0.25) is 0 Å². The normalized spacial score (nSPS) is 12.2. The van der Waals surface area contributed by atoms with Gasteiger partial charge in [0.05, 0.1) is 6.61 Å². The third-order valence-electron chi connectivity index (χ3n) is 3.33. The maximum absolute atomic E-state index is 12.9. The summed E-state index contributed by atoms with van der Waals surface area (Å²) in [5.74, 6) is -0.207. The molecular weight excluding hydrogens is 253 g/mol. The third-order valence-corrected chi connectivity index (χ3v) is 3.33. The first-order valence-electron chi connectivity index (χ1n) is 6.79. The van der Waals surface area contributed by atoms with Crippen LogP contribution in [0.15, 0.2) is 48.5 Å². The molecule has 0 fully saturated rings. The van der Waals surface area contributed by atoms with Crippen LogP contribution in [0.5, 0.6) is 0 Å². The summed E-state index contributed by atoms with van der Waals surface area (Å²) in [6, 6.07) is 14.9. The minimum atomic E-state index is -0.207. The van der Waals surface area contributed by atoms with Gasteiger partial charge in [-0.05, 0) is 42.7 Å². The Morgan fingerprint density at radius 1 is 1.10 bits per heavy atom. The lowest BCUT2D eigenvalue weighted by atomic mass is 10.1. The number of ether oxygens (including phenoxy) is 1. The molecule has 3 heteroatoms. The van der Waals surface area contributed by atoms with Gasteiger partial charge in [-0.25, -0.2) is 4.39 Å². The van der Waals surface area contributed by atoms with Crippen molar-refractivity contribution in [1.82, 2.24) is 0 Å². The quantitative estimate of drug-likeness (QED) is 0.852. The van der Waals surface area contributed by atoms with E-state index in [-0.39, 0.29) is 11.9 Å². The summed E-state index contributed by atoms with van der Waals surface area (Å²) in [7, 11) is 1.71. The SMILES string of the molecule is COCCc1ccccc1NC(C)c1ccc(F)cc1. The van der Waals surface area contributed by atoms with Crippen molar-refractivity contribution in [3.05, 3.63) is 65.5 Å². The number of rotatable bonds is 6. The number of nitrogens with one attached hydrogen (secondary N) is 1. The van der Waals surface area contributed by atoms with Crippen molar-refractivity contribution in [1.29, 1.82) is 0 Å². The smallest absolute Gasteiger partial charge is 0.123 e. The topological polar surface area (TPSA) is 21.3 Å². The monoisotopic (exact) mass is 273 g/mol. The molecule has 0 radical (unpaired) electrons. The summed E-state index contributed by atoms with van der Waals surface area (Å²) < 4.78 is 18.1. The molecule has 2 aromatic rings. The van der Waals surface area contributed by atoms with Crippen molar-refractivity contribution in [2.24, 2.45) is 0 Å². The highest BCUT2D eigenvalue weighted by Gasteiger charge is 2.08. The van der Waals surface area contributed by atoms with Gasteiger partial charge in [-0.1, -0.05) is 30.3 Å². The molecule has 2 aromatic carbocycles. The van der Waals surface area contributed by atoms with Crippen LogP contribution < -0.4 is 5.32 Å². The van der Waals surface area contributed by atoms with E-state index in [2.05, 4.69) is 24.4 Å². The second kappa shape index (κ2) is 7.06. The van der Waals surface area contributed by atoms with E-state index >= 15 is 0 Å². The van der Waals surface area contributed by atoms with Gasteiger partial charge in [0.15, 0.2) is 0 Å². The summed E-state index contributed by atoms with van der Waals surface area (Å²) in [5.41, 5.74) is 3.39. The van der Waals surface area contributed by atoms with Crippen LogP contribution in [0, 0.1) is 5.82 Å². The average Bonchev–Trinajstić information content (AvgIpc) is 2.47. The highest BCUT2D eigenvalue weighted by Crippen LogP contribution is 2.23. The van der Waals surface area contributed by atoms with Gasteiger partial charge < -0.3 is 10.1 Å². The molecule has 1 N–H and O–H groups in total. The molecule has 0 amide bonds. The maximum atomic E-state index is 12.9. The molecule has 1 unspecified atom stereocenters. The van der Waals surface area contributed by atoms with Gasteiger partial charge in [0, 0.05) is 18.8 Å². The second-order valence-corrected chi connectivity index (χ2v) is 4.82. The van der Waals surface area contributed by atoms with E-state index in [0.29, 0.717) is 6.61 Å². The molecule has 0 aromatic heterocycles. The maximum Gasteiger partial charge on any atom is 0.123 e. The first-order chi connectivity index (χ1) is 9.70. The van der Waals surface area contributed by atoms with Crippen LogP contribution >= 0.6 is 0 Å². The average molecular weight is 273 g/mol. The first kappa shape index (κ1) is 14.5. The molecule has 2 nitrogen and oxygen atoms in total. The fraction of sp³-hybridized carbons (Fsp3) is 0.294. The molecule has 0 aliphatic carbocycles. The van der Waals surface area contributed by atoms with E-state index in [1.807, 2.05) is 24.3 Å². The van der Waals surface area contributed by atoms with E-state index in [1.165, 1.54) is 17.7 Å². The summed E-state index contributed by atoms with van der Waals surface area (Å²) in [6.07, 6.45) is 0.871. The Morgan fingerprint density at radius 3 is 2.50 bits per heavy atom. The zero-order valence-corrected chi connectivity index (χ0v) is 11.9. The number of methoxy groups -OCH3 is 1. The zero-order chi connectivity index (χ0) is 14.4. The number of hydrogen-bond acceptors (Lipinski definition) is 2. The van der Waals surface area contributed by atoms with Crippen LogP contribution in [0.25, 0.3) is 0 Å². The number of para-hydroxylation sites is 1. The van der Waals surface area contributed by atoms with Crippen molar-refractivity contribution in [2.75, 3.05) is 19.0 Å². The van der Waals surface area contributed by atoms with E-state index in [4.69, 9.17) is 4.74 Å². The molecule has 0 aliphatic heterocycles. The van der Waals surface area contributed by atoms with Gasteiger partial charge in [-0.15, -0.1) is 0 Å². The molecule has 0 saturated heterocycles. The van der Waals surface area contributed by atoms with E-state index in [9.17, 15) is 4.39 Å². The summed E-state index contributed by atoms with van der Waals surface area (Å²) in [4.78, 5) is 0. The molecule has 0 aliphatic rings. The highest BCUT2D eigenvalue weighted by atomic mass is 19.1. The van der Waals surface area contributed by atoms with Gasteiger partial charge in [0.2, 0.25) is 0 Å². The molecule has 1 atom stereocenters.